The number of aryl methyl sites for hydroxylation is 1. The van der Waals surface area contributed by atoms with Crippen molar-refractivity contribution < 1.29 is 0 Å². The largest absolute Gasteiger partial charge is 0.301 e. The number of nitrogens with zero attached hydrogens (tertiary/aromatic N) is 6. The smallest absolute Gasteiger partial charge is 0.173 e. The molecule has 27 heavy (non-hydrogen) atoms. The lowest BCUT2D eigenvalue weighted by atomic mass is 9.95. The first-order chi connectivity index (χ1) is 13.3. The van der Waals surface area contributed by atoms with Crippen LogP contribution in [0.3, 0.4) is 0 Å². The fourth-order valence-corrected chi connectivity index (χ4v) is 4.58. The summed E-state index contributed by atoms with van der Waals surface area (Å²) in [6, 6.07) is 9.52. The maximum atomic E-state index is 4.55. The van der Waals surface area contributed by atoms with Crippen LogP contribution in [-0.2, 0) is 0 Å². The van der Waals surface area contributed by atoms with Crippen LogP contribution in [-0.4, -0.2) is 62.7 Å². The number of hydrogen-bond donors (Lipinski definition) is 0. The molecule has 0 bridgehead atoms. The van der Waals surface area contributed by atoms with Crippen LogP contribution in [0.5, 0.6) is 0 Å². The molecule has 0 spiro atoms. The Kier molecular flexibility index (Phi) is 5.83. The number of rotatable bonds is 5. The molecule has 1 saturated carbocycles. The number of likely N-dealkylation sites (N-methyl/N-ethyl adjacent to an activating group) is 1. The Morgan fingerprint density at radius 3 is 2.37 bits per heavy atom. The maximum absolute atomic E-state index is 4.55. The van der Waals surface area contributed by atoms with Crippen LogP contribution in [0, 0.1) is 6.92 Å². The van der Waals surface area contributed by atoms with Crippen LogP contribution in [0.4, 0.5) is 0 Å². The van der Waals surface area contributed by atoms with Crippen molar-refractivity contribution >= 4 is 0 Å². The first-order valence-electron chi connectivity index (χ1n) is 10.6. The maximum Gasteiger partial charge on any atom is 0.173 e. The summed E-state index contributed by atoms with van der Waals surface area (Å²) in [5.74, 6) is 1.02. The quantitative estimate of drug-likeness (QED) is 0.811. The topological polar surface area (TPSA) is 50.1 Å². The summed E-state index contributed by atoms with van der Waals surface area (Å²) in [5, 5.41) is 13.1. The van der Waals surface area contributed by atoms with Crippen molar-refractivity contribution in [2.24, 2.45) is 0 Å². The summed E-state index contributed by atoms with van der Waals surface area (Å²) in [4.78, 5) is 5.09. The normalized spacial score (nSPS) is 21.4. The highest BCUT2D eigenvalue weighted by atomic mass is 15.6. The zero-order valence-corrected chi connectivity index (χ0v) is 16.7. The Bertz CT molecular complexity index is 711. The first-order valence-corrected chi connectivity index (χ1v) is 10.6. The number of piperazine rings is 1. The van der Waals surface area contributed by atoms with E-state index in [0.717, 1.165) is 38.5 Å². The predicted octanol–water partition coefficient (Wildman–Crippen LogP) is 3.21. The Balaban J connectivity index is 1.66. The highest BCUT2D eigenvalue weighted by Crippen LogP contribution is 2.33. The molecule has 1 aromatic heterocycles. The number of aromatic nitrogens is 4. The zero-order valence-electron chi connectivity index (χ0n) is 16.7. The number of benzene rings is 1. The van der Waals surface area contributed by atoms with Gasteiger partial charge in [-0.15, -0.1) is 5.10 Å². The molecule has 6 nitrogen and oxygen atoms in total. The van der Waals surface area contributed by atoms with E-state index in [4.69, 9.17) is 0 Å². The lowest BCUT2D eigenvalue weighted by Crippen LogP contribution is -2.48. The van der Waals surface area contributed by atoms with Crippen molar-refractivity contribution in [1.29, 1.82) is 0 Å². The summed E-state index contributed by atoms with van der Waals surface area (Å²) in [6.07, 6.45) is 6.31. The summed E-state index contributed by atoms with van der Waals surface area (Å²) in [6.45, 7) is 9.87. The molecule has 2 aromatic rings. The average Bonchev–Trinajstić information content (AvgIpc) is 3.20. The SMILES string of the molecule is CCN1CCN([C@H](c2ccc(C)cc2)c2nnnn2C2CCCCC2)CC1. The van der Waals surface area contributed by atoms with Gasteiger partial charge in [-0.3, -0.25) is 4.90 Å². The van der Waals surface area contributed by atoms with E-state index in [1.54, 1.807) is 0 Å². The van der Waals surface area contributed by atoms with Crippen LogP contribution in [0.25, 0.3) is 0 Å². The summed E-state index contributed by atoms with van der Waals surface area (Å²) < 4.78 is 2.15. The fourth-order valence-electron chi connectivity index (χ4n) is 4.58. The summed E-state index contributed by atoms with van der Waals surface area (Å²) in [5.41, 5.74) is 2.59. The number of tetrazole rings is 1. The Morgan fingerprint density at radius 2 is 1.70 bits per heavy atom. The van der Waals surface area contributed by atoms with E-state index in [9.17, 15) is 0 Å². The van der Waals surface area contributed by atoms with Gasteiger partial charge >= 0.3 is 0 Å². The Labute approximate surface area is 162 Å². The lowest BCUT2D eigenvalue weighted by Gasteiger charge is -2.39. The third-order valence-electron chi connectivity index (χ3n) is 6.30. The molecule has 2 aliphatic rings. The van der Waals surface area contributed by atoms with Gasteiger partial charge in [0, 0.05) is 26.2 Å². The van der Waals surface area contributed by atoms with Crippen LogP contribution in [0.2, 0.25) is 0 Å². The molecule has 0 radical (unpaired) electrons. The lowest BCUT2D eigenvalue weighted by molar-refractivity contribution is 0.107. The fraction of sp³-hybridized carbons (Fsp3) is 0.667. The number of hydrogen-bond acceptors (Lipinski definition) is 5. The molecule has 1 saturated heterocycles. The minimum absolute atomic E-state index is 0.140. The third kappa shape index (κ3) is 4.06. The van der Waals surface area contributed by atoms with Crippen LogP contribution >= 0.6 is 0 Å². The standard InChI is InChI=1S/C21H32N6/c1-3-25-13-15-26(16-14-25)20(18-11-9-17(2)10-12-18)21-22-23-24-27(21)19-7-5-4-6-8-19/h9-12,19-20H,3-8,13-16H2,1-2H3/t20-/m1/s1. The van der Waals surface area contributed by atoms with Crippen molar-refractivity contribution in [3.63, 3.8) is 0 Å². The van der Waals surface area contributed by atoms with E-state index in [-0.39, 0.29) is 6.04 Å². The molecular weight excluding hydrogens is 336 g/mol. The van der Waals surface area contributed by atoms with E-state index in [2.05, 4.69) is 68.1 Å². The van der Waals surface area contributed by atoms with Crippen molar-refractivity contribution in [1.82, 2.24) is 30.0 Å². The van der Waals surface area contributed by atoms with E-state index >= 15 is 0 Å². The molecule has 0 unspecified atom stereocenters. The van der Waals surface area contributed by atoms with Gasteiger partial charge in [-0.1, -0.05) is 56.0 Å². The highest BCUT2D eigenvalue weighted by molar-refractivity contribution is 5.28. The molecule has 2 fully saturated rings. The van der Waals surface area contributed by atoms with Crippen molar-refractivity contribution in [3.05, 3.63) is 41.2 Å². The predicted molar refractivity (Wildman–Crippen MR) is 107 cm³/mol. The van der Waals surface area contributed by atoms with Gasteiger partial charge in [0.2, 0.25) is 0 Å². The molecule has 0 amide bonds. The zero-order chi connectivity index (χ0) is 18.6. The van der Waals surface area contributed by atoms with Gasteiger partial charge in [0.05, 0.1) is 12.1 Å². The summed E-state index contributed by atoms with van der Waals surface area (Å²) >= 11 is 0. The van der Waals surface area contributed by atoms with Gasteiger partial charge in [-0.05, 0) is 42.3 Å². The van der Waals surface area contributed by atoms with Gasteiger partial charge in [0.15, 0.2) is 5.82 Å². The van der Waals surface area contributed by atoms with Crippen LogP contribution in [0.15, 0.2) is 24.3 Å². The van der Waals surface area contributed by atoms with Gasteiger partial charge in [0.1, 0.15) is 0 Å². The molecule has 0 N–H and O–H groups in total. The molecule has 1 aromatic carbocycles. The minimum Gasteiger partial charge on any atom is -0.301 e. The molecule has 146 valence electrons. The molecule has 2 heterocycles. The molecular formula is C21H32N6. The van der Waals surface area contributed by atoms with Crippen molar-refractivity contribution in [2.45, 2.75) is 58.0 Å². The van der Waals surface area contributed by atoms with E-state index in [0.29, 0.717) is 6.04 Å². The Morgan fingerprint density at radius 1 is 1.00 bits per heavy atom. The van der Waals surface area contributed by atoms with E-state index in [1.807, 2.05) is 0 Å². The second-order valence-electron chi connectivity index (χ2n) is 8.06. The van der Waals surface area contributed by atoms with Gasteiger partial charge in [-0.2, -0.15) is 0 Å². The molecule has 1 atom stereocenters. The van der Waals surface area contributed by atoms with Gasteiger partial charge in [-0.25, -0.2) is 4.68 Å². The first kappa shape index (κ1) is 18.6. The van der Waals surface area contributed by atoms with Gasteiger partial charge < -0.3 is 4.90 Å². The van der Waals surface area contributed by atoms with Crippen LogP contribution in [0.1, 0.15) is 68.1 Å². The molecule has 1 aliphatic heterocycles. The second kappa shape index (κ2) is 8.48. The molecule has 6 heteroatoms. The minimum atomic E-state index is 0.140. The Hall–Kier alpha value is -1.79. The third-order valence-corrected chi connectivity index (χ3v) is 6.30. The van der Waals surface area contributed by atoms with Gasteiger partial charge in [0.25, 0.3) is 0 Å². The van der Waals surface area contributed by atoms with E-state index in [1.165, 1.54) is 43.2 Å². The highest BCUT2D eigenvalue weighted by Gasteiger charge is 2.32. The monoisotopic (exact) mass is 368 g/mol. The van der Waals surface area contributed by atoms with Crippen LogP contribution < -0.4 is 0 Å². The van der Waals surface area contributed by atoms with E-state index < -0.39 is 0 Å². The van der Waals surface area contributed by atoms with Crippen molar-refractivity contribution in [3.8, 4) is 0 Å². The van der Waals surface area contributed by atoms with Crippen molar-refractivity contribution in [2.75, 3.05) is 32.7 Å². The second-order valence-corrected chi connectivity index (χ2v) is 8.06. The molecule has 4 rings (SSSR count). The summed E-state index contributed by atoms with van der Waals surface area (Å²) in [7, 11) is 0. The average molecular weight is 369 g/mol. The molecule has 1 aliphatic carbocycles.